The van der Waals surface area contributed by atoms with Crippen LogP contribution in [0.4, 0.5) is 0 Å². The van der Waals surface area contributed by atoms with Crippen molar-refractivity contribution in [2.24, 2.45) is 0 Å². The van der Waals surface area contributed by atoms with Gasteiger partial charge in [0.25, 0.3) is 5.91 Å². The summed E-state index contributed by atoms with van der Waals surface area (Å²) >= 11 is 0. The Hall–Kier alpha value is -2.44. The number of carbonyl (C=O) groups is 3. The molecule has 3 heterocycles. The van der Waals surface area contributed by atoms with Crippen LogP contribution in [0.1, 0.15) is 29.4 Å². The van der Waals surface area contributed by atoms with Gasteiger partial charge >= 0.3 is 0 Å². The minimum absolute atomic E-state index is 0.0496. The minimum atomic E-state index is -0.578. The Balaban J connectivity index is 1.75. The van der Waals surface area contributed by atoms with Crippen molar-refractivity contribution >= 4 is 17.7 Å². The number of carbonyl (C=O) groups excluding carboxylic acids is 3. The average molecular weight is 316 g/mol. The zero-order chi connectivity index (χ0) is 16.4. The second-order valence-corrected chi connectivity index (χ2v) is 5.86. The predicted molar refractivity (Wildman–Crippen MR) is 82.6 cm³/mol. The molecule has 1 atom stereocenters. The van der Waals surface area contributed by atoms with E-state index in [1.165, 1.54) is 0 Å². The first-order chi connectivity index (χ1) is 11.1. The molecule has 1 aromatic heterocycles. The Morgan fingerprint density at radius 3 is 3.00 bits per heavy atom. The molecule has 0 radical (unpaired) electrons. The molecule has 7 heteroatoms. The maximum atomic E-state index is 12.7. The number of amides is 3. The van der Waals surface area contributed by atoms with E-state index in [0.29, 0.717) is 18.7 Å². The molecular formula is C16H20N4O3. The van der Waals surface area contributed by atoms with Gasteiger partial charge in [-0.05, 0) is 18.6 Å². The highest BCUT2D eigenvalue weighted by molar-refractivity contribution is 5.98. The van der Waals surface area contributed by atoms with Crippen LogP contribution in [0.3, 0.4) is 0 Å². The molecule has 3 amide bonds. The lowest BCUT2D eigenvalue weighted by molar-refractivity contribution is -0.148. The number of fused-ring (bicyclic) bond motifs is 1. The van der Waals surface area contributed by atoms with Gasteiger partial charge in [0.2, 0.25) is 11.8 Å². The molecule has 23 heavy (non-hydrogen) atoms. The highest BCUT2D eigenvalue weighted by Crippen LogP contribution is 2.16. The average Bonchev–Trinajstić information content (AvgIpc) is 2.58. The molecule has 7 nitrogen and oxygen atoms in total. The molecule has 0 aliphatic carbocycles. The number of rotatable bonds is 3. The van der Waals surface area contributed by atoms with E-state index in [1.807, 2.05) is 6.07 Å². The first-order valence-electron chi connectivity index (χ1n) is 7.91. The summed E-state index contributed by atoms with van der Waals surface area (Å²) in [5.41, 5.74) is 1.47. The molecule has 0 bridgehead atoms. The Labute approximate surface area is 134 Å². The van der Waals surface area contributed by atoms with Crippen LogP contribution in [-0.2, 0) is 16.0 Å². The third-order valence-corrected chi connectivity index (χ3v) is 4.27. The van der Waals surface area contributed by atoms with Crippen LogP contribution in [-0.4, -0.2) is 64.7 Å². The molecule has 2 aliphatic heterocycles. The summed E-state index contributed by atoms with van der Waals surface area (Å²) in [6, 6.07) is 2.93. The molecule has 2 aliphatic rings. The maximum Gasteiger partial charge on any atom is 0.254 e. The van der Waals surface area contributed by atoms with Crippen LogP contribution in [0.15, 0.2) is 18.3 Å². The minimum Gasteiger partial charge on any atom is -0.345 e. The lowest BCUT2D eigenvalue weighted by atomic mass is 10.1. The fourth-order valence-corrected chi connectivity index (χ4v) is 3.06. The fraction of sp³-hybridized carbons (Fsp3) is 0.500. The Bertz CT molecular complexity index is 646. The summed E-state index contributed by atoms with van der Waals surface area (Å²) in [7, 11) is 0. The van der Waals surface area contributed by atoms with Gasteiger partial charge in [0.15, 0.2) is 0 Å². The van der Waals surface area contributed by atoms with Crippen molar-refractivity contribution < 1.29 is 14.4 Å². The second kappa shape index (κ2) is 6.36. The van der Waals surface area contributed by atoms with E-state index >= 15 is 0 Å². The van der Waals surface area contributed by atoms with Gasteiger partial charge in [0.05, 0.1) is 13.1 Å². The lowest BCUT2D eigenvalue weighted by Gasteiger charge is -2.42. The van der Waals surface area contributed by atoms with E-state index in [0.717, 1.165) is 18.5 Å². The SMILES string of the molecule is CCCc1cc(C(=O)N2CCN3C(=O)CNC(=O)[C@@H]3C2)ccn1. The quantitative estimate of drug-likeness (QED) is 0.838. The van der Waals surface area contributed by atoms with Gasteiger partial charge in [-0.15, -0.1) is 0 Å². The number of nitrogens with one attached hydrogen (secondary N) is 1. The van der Waals surface area contributed by atoms with Gasteiger partial charge in [-0.2, -0.15) is 0 Å². The van der Waals surface area contributed by atoms with E-state index in [4.69, 9.17) is 0 Å². The van der Waals surface area contributed by atoms with Gasteiger partial charge in [-0.3, -0.25) is 19.4 Å². The molecule has 2 fully saturated rings. The monoisotopic (exact) mass is 316 g/mol. The number of nitrogens with zero attached hydrogens (tertiary/aromatic N) is 3. The van der Waals surface area contributed by atoms with Gasteiger partial charge in [-0.25, -0.2) is 0 Å². The molecule has 122 valence electrons. The highest BCUT2D eigenvalue weighted by atomic mass is 16.2. The summed E-state index contributed by atoms with van der Waals surface area (Å²) in [6.07, 6.45) is 3.44. The van der Waals surface area contributed by atoms with E-state index in [2.05, 4.69) is 17.2 Å². The third-order valence-electron chi connectivity index (χ3n) is 4.27. The van der Waals surface area contributed by atoms with Crippen molar-refractivity contribution in [2.75, 3.05) is 26.2 Å². The fourth-order valence-electron chi connectivity index (χ4n) is 3.06. The number of hydrogen-bond donors (Lipinski definition) is 1. The number of piperazine rings is 2. The van der Waals surface area contributed by atoms with Crippen LogP contribution in [0, 0.1) is 0 Å². The molecule has 3 rings (SSSR count). The van der Waals surface area contributed by atoms with E-state index in [1.54, 1.807) is 22.1 Å². The normalized spacial score (nSPS) is 21.0. The predicted octanol–water partition coefficient (Wildman–Crippen LogP) is -0.183. The van der Waals surface area contributed by atoms with E-state index < -0.39 is 6.04 Å². The number of aryl methyl sites for hydroxylation is 1. The van der Waals surface area contributed by atoms with Crippen molar-refractivity contribution in [3.05, 3.63) is 29.6 Å². The standard InChI is InChI=1S/C16H20N4O3/c1-2-3-12-8-11(4-5-17-12)16(23)19-6-7-20-13(10-19)15(22)18-9-14(20)21/h4-5,8,13H,2-3,6-7,9-10H2,1H3,(H,18,22)/t13-/m0/s1. The topological polar surface area (TPSA) is 82.6 Å². The summed E-state index contributed by atoms with van der Waals surface area (Å²) in [5, 5.41) is 2.58. The molecule has 0 unspecified atom stereocenters. The molecule has 0 aromatic carbocycles. The van der Waals surface area contributed by atoms with Crippen LogP contribution in [0.2, 0.25) is 0 Å². The van der Waals surface area contributed by atoms with E-state index in [-0.39, 0.29) is 30.8 Å². The van der Waals surface area contributed by atoms with Crippen molar-refractivity contribution in [1.29, 1.82) is 0 Å². The lowest BCUT2D eigenvalue weighted by Crippen LogP contribution is -2.66. The summed E-state index contributed by atoms with van der Waals surface area (Å²) < 4.78 is 0. The number of pyridine rings is 1. The first kappa shape index (κ1) is 15.5. The van der Waals surface area contributed by atoms with Crippen molar-refractivity contribution in [3.63, 3.8) is 0 Å². The van der Waals surface area contributed by atoms with Crippen molar-refractivity contribution in [2.45, 2.75) is 25.8 Å². The first-order valence-corrected chi connectivity index (χ1v) is 7.91. The van der Waals surface area contributed by atoms with Crippen molar-refractivity contribution in [1.82, 2.24) is 20.1 Å². The van der Waals surface area contributed by atoms with Crippen LogP contribution >= 0.6 is 0 Å². The zero-order valence-electron chi connectivity index (χ0n) is 13.1. The molecule has 1 N–H and O–H groups in total. The van der Waals surface area contributed by atoms with Crippen molar-refractivity contribution in [3.8, 4) is 0 Å². The Kier molecular flexibility index (Phi) is 4.27. The van der Waals surface area contributed by atoms with Gasteiger partial charge in [-0.1, -0.05) is 13.3 Å². The van der Waals surface area contributed by atoms with Crippen LogP contribution in [0.25, 0.3) is 0 Å². The van der Waals surface area contributed by atoms with Crippen LogP contribution < -0.4 is 5.32 Å². The summed E-state index contributed by atoms with van der Waals surface area (Å²) in [4.78, 5) is 44.0. The number of aromatic nitrogens is 1. The van der Waals surface area contributed by atoms with Gasteiger partial charge in [0, 0.05) is 30.5 Å². The van der Waals surface area contributed by atoms with E-state index in [9.17, 15) is 14.4 Å². The summed E-state index contributed by atoms with van der Waals surface area (Å²) in [6.45, 7) is 3.19. The summed E-state index contributed by atoms with van der Waals surface area (Å²) in [5.74, 6) is -0.394. The van der Waals surface area contributed by atoms with Crippen LogP contribution in [0.5, 0.6) is 0 Å². The molecule has 0 saturated carbocycles. The molecule has 0 spiro atoms. The highest BCUT2D eigenvalue weighted by Gasteiger charge is 2.39. The molecule has 1 aromatic rings. The third kappa shape index (κ3) is 3.04. The van der Waals surface area contributed by atoms with Gasteiger partial charge in [0.1, 0.15) is 6.04 Å². The van der Waals surface area contributed by atoms with Gasteiger partial charge < -0.3 is 15.1 Å². The smallest absolute Gasteiger partial charge is 0.254 e. The number of hydrogen-bond acceptors (Lipinski definition) is 4. The second-order valence-electron chi connectivity index (χ2n) is 5.86. The molecular weight excluding hydrogens is 296 g/mol. The largest absolute Gasteiger partial charge is 0.345 e. The Morgan fingerprint density at radius 2 is 2.22 bits per heavy atom. The zero-order valence-corrected chi connectivity index (χ0v) is 13.1. The molecule has 2 saturated heterocycles. The maximum absolute atomic E-state index is 12.7. The Morgan fingerprint density at radius 1 is 1.39 bits per heavy atom.